The van der Waals surface area contributed by atoms with Gasteiger partial charge in [-0.05, 0) is 31.7 Å². The zero-order valence-electron chi connectivity index (χ0n) is 20.3. The van der Waals surface area contributed by atoms with Gasteiger partial charge in [-0.2, -0.15) is 4.98 Å². The van der Waals surface area contributed by atoms with Crippen molar-refractivity contribution in [2.45, 2.75) is 56.3 Å². The van der Waals surface area contributed by atoms with Crippen molar-refractivity contribution in [1.82, 2.24) is 15.3 Å². The smallest absolute Gasteiger partial charge is 0.228 e. The molecule has 3 fully saturated rings. The summed E-state index contributed by atoms with van der Waals surface area (Å²) in [6.45, 7) is 2.19. The van der Waals surface area contributed by atoms with Crippen molar-refractivity contribution in [3.05, 3.63) is 34.7 Å². The third-order valence-corrected chi connectivity index (χ3v) is 9.02. The van der Waals surface area contributed by atoms with Crippen molar-refractivity contribution in [2.24, 2.45) is 5.73 Å². The molecule has 5 heterocycles. The number of nitrogens with one attached hydrogen (secondary N) is 1. The number of anilines is 2. The van der Waals surface area contributed by atoms with Crippen LogP contribution < -0.4 is 20.9 Å². The second kappa shape index (κ2) is 9.78. The van der Waals surface area contributed by atoms with Gasteiger partial charge >= 0.3 is 0 Å². The van der Waals surface area contributed by atoms with Crippen molar-refractivity contribution in [2.75, 3.05) is 36.5 Å². The number of nitrogens with two attached hydrogens (primary N) is 1. The van der Waals surface area contributed by atoms with Crippen molar-refractivity contribution < 1.29 is 9.53 Å². The number of rotatable bonds is 6. The number of hydrogen-bond acceptors (Lipinski definition) is 8. The molecule has 0 radical (unpaired) electrons. The summed E-state index contributed by atoms with van der Waals surface area (Å²) < 4.78 is 5.77. The van der Waals surface area contributed by atoms with Gasteiger partial charge in [0.25, 0.3) is 0 Å². The van der Waals surface area contributed by atoms with Crippen molar-refractivity contribution in [3.63, 3.8) is 0 Å². The lowest BCUT2D eigenvalue weighted by molar-refractivity contribution is -0.118. The van der Waals surface area contributed by atoms with Crippen molar-refractivity contribution in [3.8, 4) is 11.1 Å². The zero-order valence-corrected chi connectivity index (χ0v) is 21.9. The number of piperidine rings is 1. The quantitative estimate of drug-likeness (QED) is 0.504. The van der Waals surface area contributed by atoms with Gasteiger partial charge in [0, 0.05) is 72.8 Å². The van der Waals surface area contributed by atoms with E-state index in [1.807, 2.05) is 25.3 Å². The van der Waals surface area contributed by atoms with E-state index in [-0.39, 0.29) is 11.9 Å². The lowest BCUT2D eigenvalue weighted by atomic mass is 9.98. The van der Waals surface area contributed by atoms with Gasteiger partial charge in [0.1, 0.15) is 10.6 Å². The first-order chi connectivity index (χ1) is 17.5. The number of methoxy groups -OCH3 is 1. The highest BCUT2D eigenvalue weighted by Gasteiger charge is 2.43. The average Bonchev–Trinajstić information content (AvgIpc) is 3.41. The fourth-order valence-electron chi connectivity index (χ4n) is 6.17. The summed E-state index contributed by atoms with van der Waals surface area (Å²) in [5.41, 5.74) is 7.57. The van der Waals surface area contributed by atoms with Crippen molar-refractivity contribution >= 4 is 50.8 Å². The minimum absolute atomic E-state index is 0.00496. The first-order valence-corrected chi connectivity index (χ1v) is 13.9. The lowest BCUT2D eigenvalue weighted by Crippen LogP contribution is -2.52. The fraction of sp³-hybridized carbons (Fsp3) is 0.500. The van der Waals surface area contributed by atoms with Gasteiger partial charge in [0.15, 0.2) is 0 Å². The van der Waals surface area contributed by atoms with E-state index in [9.17, 15) is 4.79 Å². The maximum atomic E-state index is 11.5. The Morgan fingerprint density at radius 1 is 1.22 bits per heavy atom. The molecule has 2 aromatic heterocycles. The van der Waals surface area contributed by atoms with Crippen LogP contribution in [0.15, 0.2) is 29.6 Å². The highest BCUT2D eigenvalue weighted by Crippen LogP contribution is 2.47. The third-order valence-electron chi connectivity index (χ3n) is 7.82. The number of ether oxygens (including phenoxy) is 1. The van der Waals surface area contributed by atoms with E-state index in [2.05, 4.69) is 26.6 Å². The Balaban J connectivity index is 1.47. The number of thiophene rings is 1. The molecule has 2 bridgehead atoms. The van der Waals surface area contributed by atoms with Crippen LogP contribution in [0.3, 0.4) is 0 Å². The molecule has 10 heteroatoms. The van der Waals surface area contributed by atoms with Crippen LogP contribution in [-0.2, 0) is 9.53 Å². The maximum Gasteiger partial charge on any atom is 0.228 e. The summed E-state index contributed by atoms with van der Waals surface area (Å²) in [5, 5.41) is 7.36. The maximum absolute atomic E-state index is 11.5. The Kier molecular flexibility index (Phi) is 6.49. The summed E-state index contributed by atoms with van der Waals surface area (Å²) in [6, 6.07) is 8.76. The van der Waals surface area contributed by atoms with Crippen LogP contribution in [0.2, 0.25) is 5.02 Å². The number of carbonyl (C=O) groups excluding carboxylic acids is 1. The molecular formula is C26H31ClN6O2S. The first-order valence-electron chi connectivity index (χ1n) is 12.6. The van der Waals surface area contributed by atoms with E-state index in [0.29, 0.717) is 37.1 Å². The Bertz CT molecular complexity index is 1270. The van der Waals surface area contributed by atoms with Gasteiger partial charge in [-0.3, -0.25) is 4.79 Å². The molecule has 3 aliphatic rings. The van der Waals surface area contributed by atoms with E-state index < -0.39 is 0 Å². The third kappa shape index (κ3) is 4.32. The zero-order chi connectivity index (χ0) is 24.8. The molecule has 0 aliphatic carbocycles. The van der Waals surface area contributed by atoms with Crippen LogP contribution in [0.5, 0.6) is 0 Å². The molecular weight excluding hydrogens is 496 g/mol. The number of piperazine rings is 1. The Morgan fingerprint density at radius 3 is 2.72 bits per heavy atom. The van der Waals surface area contributed by atoms with Crippen LogP contribution in [0, 0.1) is 0 Å². The number of carbonyl (C=O) groups is 1. The van der Waals surface area contributed by atoms with Gasteiger partial charge in [0.05, 0.1) is 11.5 Å². The molecule has 3 aromatic rings. The summed E-state index contributed by atoms with van der Waals surface area (Å²) in [6.07, 6.45) is 4.90. The molecule has 3 saturated heterocycles. The van der Waals surface area contributed by atoms with Crippen LogP contribution in [-0.4, -0.2) is 66.8 Å². The van der Waals surface area contributed by atoms with Gasteiger partial charge < -0.3 is 25.6 Å². The van der Waals surface area contributed by atoms with E-state index >= 15 is 0 Å². The lowest BCUT2D eigenvalue weighted by Gasteiger charge is -2.40. The molecule has 1 aromatic carbocycles. The van der Waals surface area contributed by atoms with Crippen molar-refractivity contribution in [1.29, 1.82) is 0 Å². The fourth-order valence-corrected chi connectivity index (χ4v) is 7.34. The first kappa shape index (κ1) is 23.9. The second-order valence-corrected chi connectivity index (χ2v) is 11.3. The van der Waals surface area contributed by atoms with E-state index in [1.54, 1.807) is 11.3 Å². The minimum Gasteiger partial charge on any atom is -0.381 e. The predicted octanol–water partition coefficient (Wildman–Crippen LogP) is 3.81. The van der Waals surface area contributed by atoms with Crippen LogP contribution in [0.25, 0.3) is 21.3 Å². The van der Waals surface area contributed by atoms with Gasteiger partial charge in [-0.15, -0.1) is 11.3 Å². The molecule has 6 rings (SSSR count). The number of benzene rings is 1. The number of nitrogens with zero attached hydrogens (tertiary/aromatic N) is 4. The van der Waals surface area contributed by atoms with Gasteiger partial charge in [-0.25, -0.2) is 4.98 Å². The topological polar surface area (TPSA) is 96.6 Å². The minimum atomic E-state index is -0.299. The summed E-state index contributed by atoms with van der Waals surface area (Å²) in [4.78, 5) is 27.5. The molecule has 3 N–H and O–H groups in total. The molecule has 8 nitrogen and oxygen atoms in total. The Morgan fingerprint density at radius 2 is 2.00 bits per heavy atom. The van der Waals surface area contributed by atoms with Gasteiger partial charge in [-0.1, -0.05) is 29.8 Å². The van der Waals surface area contributed by atoms with E-state index in [1.165, 1.54) is 0 Å². The standard InChI is InChI=1S/C26H31ClN6O2S/c1-35-18-11-16-6-7-17(12-18)33(16)24-23-20(19-4-2-3-5-21(19)27)14-36-25(23)31-26(30-24)32-9-8-29-15(13-32)10-22(28)34/h2-5,14-18,29H,6-13H2,1H3,(H2,28,34). The number of hydrogen-bond donors (Lipinski definition) is 2. The van der Waals surface area contributed by atoms with E-state index in [0.717, 1.165) is 71.0 Å². The second-order valence-electron chi connectivity index (χ2n) is 10.0. The summed E-state index contributed by atoms with van der Waals surface area (Å²) in [7, 11) is 1.82. The number of primary amides is 1. The largest absolute Gasteiger partial charge is 0.381 e. The van der Waals surface area contributed by atoms with Crippen LogP contribution in [0.4, 0.5) is 11.8 Å². The highest BCUT2D eigenvalue weighted by atomic mass is 35.5. The molecule has 0 saturated carbocycles. The number of amides is 1. The van der Waals surface area contributed by atoms with Gasteiger partial charge in [0.2, 0.25) is 11.9 Å². The number of halogens is 1. The Hall–Kier alpha value is -2.46. The molecule has 190 valence electrons. The molecule has 1 amide bonds. The molecule has 36 heavy (non-hydrogen) atoms. The molecule has 0 spiro atoms. The highest BCUT2D eigenvalue weighted by molar-refractivity contribution is 7.17. The van der Waals surface area contributed by atoms with Crippen LogP contribution in [0.1, 0.15) is 32.1 Å². The van der Waals surface area contributed by atoms with Crippen LogP contribution >= 0.6 is 22.9 Å². The predicted molar refractivity (Wildman–Crippen MR) is 145 cm³/mol. The Labute approximate surface area is 219 Å². The summed E-state index contributed by atoms with van der Waals surface area (Å²) in [5.74, 6) is 1.42. The summed E-state index contributed by atoms with van der Waals surface area (Å²) >= 11 is 8.29. The normalized spacial score (nSPS) is 26.1. The average molecular weight is 527 g/mol. The number of aromatic nitrogens is 2. The van der Waals surface area contributed by atoms with E-state index in [4.69, 9.17) is 32.0 Å². The molecule has 3 atom stereocenters. The number of fused-ring (bicyclic) bond motifs is 3. The SMILES string of the molecule is COC1CC2CCC(C1)N2c1nc(N2CCNC(CC(N)=O)C2)nc2scc(-c3ccccc3Cl)c12. The molecule has 3 aliphatic heterocycles. The molecule has 3 unspecified atom stereocenters. The monoisotopic (exact) mass is 526 g/mol.